The second kappa shape index (κ2) is 7.92. The van der Waals surface area contributed by atoms with Gasteiger partial charge in [0.05, 0.1) is 11.9 Å². The third-order valence-corrected chi connectivity index (χ3v) is 4.58. The highest BCUT2D eigenvalue weighted by Gasteiger charge is 2.20. The zero-order chi connectivity index (χ0) is 14.1. The molecule has 0 radical (unpaired) electrons. The van der Waals surface area contributed by atoms with Gasteiger partial charge in [0.15, 0.2) is 0 Å². The largest absolute Gasteiger partial charge is 0.351 e. The third kappa shape index (κ3) is 3.98. The Kier molecular flexibility index (Phi) is 6.80. The van der Waals surface area contributed by atoms with Gasteiger partial charge < -0.3 is 10.6 Å². The summed E-state index contributed by atoms with van der Waals surface area (Å²) in [7, 11) is 1.87. The quantitative estimate of drug-likeness (QED) is 0.865. The summed E-state index contributed by atoms with van der Waals surface area (Å²) in [4.78, 5) is 17.3. The van der Waals surface area contributed by atoms with E-state index >= 15 is 0 Å². The van der Waals surface area contributed by atoms with Crippen LogP contribution in [0, 0.1) is 12.8 Å². The van der Waals surface area contributed by atoms with Gasteiger partial charge in [-0.15, -0.1) is 36.2 Å². The monoisotopic (exact) mass is 363 g/mol. The maximum Gasteiger partial charge on any atom is 0.263 e. The SMILES string of the molecule is Cc1nc(-c2cnn(C)c2)sc1C(=O)NCC1CNC1.Cl.Cl. The second-order valence-electron chi connectivity index (χ2n) is 5.07. The molecule has 0 aliphatic carbocycles. The number of aromatic nitrogens is 3. The van der Waals surface area contributed by atoms with Gasteiger partial charge >= 0.3 is 0 Å². The predicted octanol–water partition coefficient (Wildman–Crippen LogP) is 1.64. The maximum atomic E-state index is 12.2. The number of hydrogen-bond acceptors (Lipinski definition) is 5. The fraction of sp³-hybridized carbons (Fsp3) is 0.462. The molecular formula is C13H19Cl2N5OS. The molecule has 0 bridgehead atoms. The second-order valence-corrected chi connectivity index (χ2v) is 6.07. The third-order valence-electron chi connectivity index (χ3n) is 3.37. The van der Waals surface area contributed by atoms with Gasteiger partial charge in [-0.25, -0.2) is 4.98 Å². The molecule has 1 amide bonds. The predicted molar refractivity (Wildman–Crippen MR) is 92.2 cm³/mol. The minimum absolute atomic E-state index is 0. The number of halogens is 2. The number of aryl methyl sites for hydroxylation is 2. The van der Waals surface area contributed by atoms with Crippen LogP contribution in [0.5, 0.6) is 0 Å². The number of rotatable bonds is 4. The molecule has 0 saturated carbocycles. The first-order chi connectivity index (χ1) is 9.63. The Hall–Kier alpha value is -1.15. The zero-order valence-corrected chi connectivity index (χ0v) is 14.8. The summed E-state index contributed by atoms with van der Waals surface area (Å²) in [5.74, 6) is 0.534. The molecule has 2 aromatic heterocycles. The molecule has 1 fully saturated rings. The van der Waals surface area contributed by atoms with Crippen molar-refractivity contribution >= 4 is 42.1 Å². The molecule has 0 spiro atoms. The number of carbonyl (C=O) groups is 1. The zero-order valence-electron chi connectivity index (χ0n) is 12.3. The van der Waals surface area contributed by atoms with E-state index in [0.29, 0.717) is 10.8 Å². The molecule has 0 atom stereocenters. The van der Waals surface area contributed by atoms with E-state index in [1.807, 2.05) is 20.2 Å². The Balaban J connectivity index is 0.00000121. The molecule has 22 heavy (non-hydrogen) atoms. The van der Waals surface area contributed by atoms with Crippen LogP contribution in [0.3, 0.4) is 0 Å². The van der Waals surface area contributed by atoms with Crippen LogP contribution in [-0.2, 0) is 7.05 Å². The smallest absolute Gasteiger partial charge is 0.263 e. The van der Waals surface area contributed by atoms with E-state index < -0.39 is 0 Å². The first-order valence-corrected chi connectivity index (χ1v) is 7.40. The standard InChI is InChI=1S/C13H17N5OS.2ClH/c1-8-11(12(19)15-5-9-3-14-4-9)20-13(17-8)10-6-16-18(2)7-10;;/h6-7,9,14H,3-5H2,1-2H3,(H,15,19);2*1H. The molecule has 0 aromatic carbocycles. The van der Waals surface area contributed by atoms with E-state index in [1.165, 1.54) is 11.3 Å². The van der Waals surface area contributed by atoms with E-state index in [0.717, 1.165) is 35.9 Å². The van der Waals surface area contributed by atoms with Gasteiger partial charge in [0.2, 0.25) is 0 Å². The van der Waals surface area contributed by atoms with Gasteiger partial charge in [0.25, 0.3) is 5.91 Å². The molecule has 1 aliphatic rings. The fourth-order valence-electron chi connectivity index (χ4n) is 2.07. The normalized spacial score (nSPS) is 13.7. The van der Waals surface area contributed by atoms with E-state index in [4.69, 9.17) is 0 Å². The van der Waals surface area contributed by atoms with Crippen LogP contribution >= 0.6 is 36.2 Å². The summed E-state index contributed by atoms with van der Waals surface area (Å²) in [5, 5.41) is 11.1. The molecule has 0 unspecified atom stereocenters. The molecule has 1 aliphatic heterocycles. The minimum Gasteiger partial charge on any atom is -0.351 e. The van der Waals surface area contributed by atoms with Crippen molar-refractivity contribution in [1.82, 2.24) is 25.4 Å². The Morgan fingerprint density at radius 3 is 2.77 bits per heavy atom. The molecule has 1 saturated heterocycles. The Morgan fingerprint density at radius 1 is 1.50 bits per heavy atom. The van der Waals surface area contributed by atoms with Crippen molar-refractivity contribution < 1.29 is 4.79 Å². The van der Waals surface area contributed by atoms with Crippen molar-refractivity contribution in [3.8, 4) is 10.6 Å². The van der Waals surface area contributed by atoms with Gasteiger partial charge in [0, 0.05) is 44.4 Å². The summed E-state index contributed by atoms with van der Waals surface area (Å²) in [5.41, 5.74) is 1.72. The van der Waals surface area contributed by atoms with Crippen LogP contribution < -0.4 is 10.6 Å². The lowest BCUT2D eigenvalue weighted by atomic mass is 10.0. The molecule has 2 aromatic rings. The van der Waals surface area contributed by atoms with Crippen molar-refractivity contribution in [2.75, 3.05) is 19.6 Å². The number of thiazole rings is 1. The molecule has 6 nitrogen and oxygen atoms in total. The summed E-state index contributed by atoms with van der Waals surface area (Å²) in [6, 6.07) is 0. The molecule has 3 heterocycles. The Bertz CT molecular complexity index is 638. The van der Waals surface area contributed by atoms with Crippen LogP contribution in [0.15, 0.2) is 12.4 Å². The fourth-order valence-corrected chi connectivity index (χ4v) is 3.03. The average Bonchev–Trinajstić information content (AvgIpc) is 2.93. The highest BCUT2D eigenvalue weighted by atomic mass is 35.5. The number of nitrogens with one attached hydrogen (secondary N) is 2. The van der Waals surface area contributed by atoms with Crippen LogP contribution in [0.2, 0.25) is 0 Å². The number of nitrogens with zero attached hydrogens (tertiary/aromatic N) is 3. The van der Waals surface area contributed by atoms with Gasteiger partial charge in [-0.05, 0) is 6.92 Å². The van der Waals surface area contributed by atoms with Crippen LogP contribution in [0.25, 0.3) is 10.6 Å². The number of amides is 1. The first-order valence-electron chi connectivity index (χ1n) is 6.59. The van der Waals surface area contributed by atoms with Crippen molar-refractivity contribution in [2.45, 2.75) is 6.92 Å². The molecule has 122 valence electrons. The van der Waals surface area contributed by atoms with Crippen LogP contribution in [0.4, 0.5) is 0 Å². The minimum atomic E-state index is -0.0259. The van der Waals surface area contributed by atoms with Gasteiger partial charge in [-0.3, -0.25) is 9.48 Å². The molecule has 2 N–H and O–H groups in total. The van der Waals surface area contributed by atoms with Crippen molar-refractivity contribution in [3.05, 3.63) is 23.0 Å². The lowest BCUT2D eigenvalue weighted by molar-refractivity contribution is 0.0945. The van der Waals surface area contributed by atoms with Gasteiger partial charge in [-0.2, -0.15) is 5.10 Å². The van der Waals surface area contributed by atoms with E-state index in [2.05, 4.69) is 20.7 Å². The molecule has 3 rings (SSSR count). The highest BCUT2D eigenvalue weighted by molar-refractivity contribution is 7.17. The van der Waals surface area contributed by atoms with E-state index in [-0.39, 0.29) is 30.7 Å². The summed E-state index contributed by atoms with van der Waals surface area (Å²) >= 11 is 1.42. The van der Waals surface area contributed by atoms with Gasteiger partial charge in [0.1, 0.15) is 9.88 Å². The summed E-state index contributed by atoms with van der Waals surface area (Å²) in [6.07, 6.45) is 3.67. The van der Waals surface area contributed by atoms with Crippen LogP contribution in [-0.4, -0.2) is 40.3 Å². The molecule has 9 heteroatoms. The topological polar surface area (TPSA) is 71.8 Å². The van der Waals surface area contributed by atoms with Gasteiger partial charge in [-0.1, -0.05) is 0 Å². The Labute approximate surface area is 145 Å². The van der Waals surface area contributed by atoms with Crippen molar-refractivity contribution in [2.24, 2.45) is 13.0 Å². The van der Waals surface area contributed by atoms with Crippen molar-refractivity contribution in [3.63, 3.8) is 0 Å². The highest BCUT2D eigenvalue weighted by Crippen LogP contribution is 2.27. The van der Waals surface area contributed by atoms with Crippen molar-refractivity contribution in [1.29, 1.82) is 0 Å². The lowest BCUT2D eigenvalue weighted by Gasteiger charge is -2.26. The summed E-state index contributed by atoms with van der Waals surface area (Å²) in [6.45, 7) is 4.58. The van der Waals surface area contributed by atoms with Crippen LogP contribution in [0.1, 0.15) is 15.4 Å². The average molecular weight is 364 g/mol. The number of carbonyl (C=O) groups excluding carboxylic acids is 1. The Morgan fingerprint density at radius 2 is 2.23 bits per heavy atom. The van der Waals surface area contributed by atoms with E-state index in [1.54, 1.807) is 10.9 Å². The molecular weight excluding hydrogens is 345 g/mol. The number of hydrogen-bond donors (Lipinski definition) is 2. The maximum absolute atomic E-state index is 12.2. The van der Waals surface area contributed by atoms with E-state index in [9.17, 15) is 4.79 Å². The first kappa shape index (κ1) is 18.9. The summed E-state index contributed by atoms with van der Waals surface area (Å²) < 4.78 is 1.73. The lowest BCUT2D eigenvalue weighted by Crippen LogP contribution is -2.48.